The standard InChI is InChI=1S/C24H26N2OS/c27-24(22-9-7-21(8-10-22)23-12-16-28-18-23)25-13-11-19-3-5-20(6-4-19)17-26-14-1-2-15-26/h3-10,12,16,18H,1-2,11,13-15,17H2,(H,25,27). The molecule has 0 radical (unpaired) electrons. The highest BCUT2D eigenvalue weighted by Crippen LogP contribution is 2.22. The topological polar surface area (TPSA) is 32.3 Å². The molecule has 0 bridgehead atoms. The third kappa shape index (κ3) is 4.89. The second-order valence-corrected chi connectivity index (χ2v) is 8.18. The van der Waals surface area contributed by atoms with Crippen molar-refractivity contribution < 1.29 is 4.79 Å². The van der Waals surface area contributed by atoms with Crippen LogP contribution in [0.1, 0.15) is 34.3 Å². The Balaban J connectivity index is 1.24. The number of carbonyl (C=O) groups is 1. The molecule has 3 aromatic rings. The first-order valence-electron chi connectivity index (χ1n) is 9.99. The Hall–Kier alpha value is -2.43. The Labute approximate surface area is 171 Å². The first-order chi connectivity index (χ1) is 13.8. The minimum absolute atomic E-state index is 0.0116. The van der Waals surface area contributed by atoms with Gasteiger partial charge >= 0.3 is 0 Å². The predicted octanol–water partition coefficient (Wildman–Crippen LogP) is 4.98. The number of likely N-dealkylation sites (tertiary alicyclic amines) is 1. The van der Waals surface area contributed by atoms with Gasteiger partial charge in [-0.1, -0.05) is 36.4 Å². The summed E-state index contributed by atoms with van der Waals surface area (Å²) >= 11 is 1.68. The number of hydrogen-bond donors (Lipinski definition) is 1. The zero-order valence-electron chi connectivity index (χ0n) is 16.1. The van der Waals surface area contributed by atoms with E-state index >= 15 is 0 Å². The summed E-state index contributed by atoms with van der Waals surface area (Å²) in [7, 11) is 0. The smallest absolute Gasteiger partial charge is 0.251 e. The van der Waals surface area contributed by atoms with E-state index in [0.29, 0.717) is 12.1 Å². The van der Waals surface area contributed by atoms with Crippen LogP contribution in [0.3, 0.4) is 0 Å². The van der Waals surface area contributed by atoms with Crippen molar-refractivity contribution in [2.24, 2.45) is 0 Å². The Kier molecular flexibility index (Phi) is 6.20. The van der Waals surface area contributed by atoms with E-state index in [-0.39, 0.29) is 5.91 Å². The summed E-state index contributed by atoms with van der Waals surface area (Å²) in [5.74, 6) is -0.0116. The molecule has 3 nitrogen and oxygen atoms in total. The van der Waals surface area contributed by atoms with Crippen LogP contribution >= 0.6 is 11.3 Å². The summed E-state index contributed by atoms with van der Waals surface area (Å²) in [6, 6.07) is 18.7. The molecule has 2 heterocycles. The number of benzene rings is 2. The number of thiophene rings is 1. The second kappa shape index (κ2) is 9.18. The van der Waals surface area contributed by atoms with Gasteiger partial charge in [0.2, 0.25) is 0 Å². The maximum absolute atomic E-state index is 12.4. The van der Waals surface area contributed by atoms with Gasteiger partial charge in [-0.25, -0.2) is 0 Å². The molecular formula is C24H26N2OS. The summed E-state index contributed by atoms with van der Waals surface area (Å²) in [5, 5.41) is 7.21. The van der Waals surface area contributed by atoms with Crippen molar-refractivity contribution in [1.82, 2.24) is 10.2 Å². The molecule has 1 N–H and O–H groups in total. The van der Waals surface area contributed by atoms with Crippen LogP contribution in [0.15, 0.2) is 65.4 Å². The van der Waals surface area contributed by atoms with Gasteiger partial charge in [-0.3, -0.25) is 9.69 Å². The Morgan fingerprint density at radius 1 is 0.893 bits per heavy atom. The molecule has 2 aromatic carbocycles. The van der Waals surface area contributed by atoms with Gasteiger partial charge in [-0.15, -0.1) is 0 Å². The van der Waals surface area contributed by atoms with Crippen LogP contribution in [-0.2, 0) is 13.0 Å². The number of nitrogens with zero attached hydrogens (tertiary/aromatic N) is 1. The molecule has 4 heteroatoms. The molecule has 1 aromatic heterocycles. The summed E-state index contributed by atoms with van der Waals surface area (Å²) in [5.41, 5.74) is 5.69. The highest BCUT2D eigenvalue weighted by Gasteiger charge is 2.11. The molecule has 1 aliphatic heterocycles. The number of amides is 1. The van der Waals surface area contributed by atoms with Crippen LogP contribution in [0.2, 0.25) is 0 Å². The van der Waals surface area contributed by atoms with Gasteiger partial charge in [0.25, 0.3) is 5.91 Å². The quantitative estimate of drug-likeness (QED) is 0.617. The maximum atomic E-state index is 12.4. The third-order valence-corrected chi connectivity index (χ3v) is 6.01. The fourth-order valence-electron chi connectivity index (χ4n) is 3.68. The highest BCUT2D eigenvalue weighted by molar-refractivity contribution is 7.08. The molecule has 1 aliphatic rings. The second-order valence-electron chi connectivity index (χ2n) is 7.40. The molecule has 0 spiro atoms. The average Bonchev–Trinajstić information content (AvgIpc) is 3.44. The lowest BCUT2D eigenvalue weighted by Crippen LogP contribution is -2.25. The summed E-state index contributed by atoms with van der Waals surface area (Å²) < 4.78 is 0. The van der Waals surface area contributed by atoms with Crippen molar-refractivity contribution in [1.29, 1.82) is 0 Å². The highest BCUT2D eigenvalue weighted by atomic mass is 32.1. The summed E-state index contributed by atoms with van der Waals surface area (Å²) in [4.78, 5) is 14.9. The van der Waals surface area contributed by atoms with Gasteiger partial charge in [0.15, 0.2) is 0 Å². The van der Waals surface area contributed by atoms with E-state index in [0.717, 1.165) is 18.5 Å². The Morgan fingerprint density at radius 2 is 1.61 bits per heavy atom. The van der Waals surface area contributed by atoms with Crippen LogP contribution in [0, 0.1) is 0 Å². The summed E-state index contributed by atoms with van der Waals surface area (Å²) in [6.07, 6.45) is 3.51. The number of hydrogen-bond acceptors (Lipinski definition) is 3. The predicted molar refractivity (Wildman–Crippen MR) is 117 cm³/mol. The zero-order valence-corrected chi connectivity index (χ0v) is 16.9. The van der Waals surface area contributed by atoms with Crippen molar-refractivity contribution in [3.8, 4) is 11.1 Å². The third-order valence-electron chi connectivity index (χ3n) is 5.33. The fraction of sp³-hybridized carbons (Fsp3) is 0.292. The molecular weight excluding hydrogens is 364 g/mol. The molecule has 1 saturated heterocycles. The first kappa shape index (κ1) is 18.9. The Morgan fingerprint density at radius 3 is 2.29 bits per heavy atom. The van der Waals surface area contributed by atoms with Crippen LogP contribution in [0.25, 0.3) is 11.1 Å². The van der Waals surface area contributed by atoms with Crippen molar-refractivity contribution >= 4 is 17.2 Å². The van der Waals surface area contributed by atoms with Crippen molar-refractivity contribution in [2.75, 3.05) is 19.6 Å². The normalized spacial score (nSPS) is 14.3. The van der Waals surface area contributed by atoms with Gasteiger partial charge in [-0.2, -0.15) is 11.3 Å². The lowest BCUT2D eigenvalue weighted by Gasteiger charge is -2.14. The van der Waals surface area contributed by atoms with Crippen LogP contribution < -0.4 is 5.32 Å². The molecule has 4 rings (SSSR count). The Bertz CT molecular complexity index is 879. The number of rotatable bonds is 7. The number of carbonyl (C=O) groups excluding carboxylic acids is 1. The molecule has 0 unspecified atom stereocenters. The average molecular weight is 391 g/mol. The van der Waals surface area contributed by atoms with Gasteiger partial charge in [0.05, 0.1) is 0 Å². The largest absolute Gasteiger partial charge is 0.352 e. The summed E-state index contributed by atoms with van der Waals surface area (Å²) in [6.45, 7) is 4.15. The fourth-order valence-corrected chi connectivity index (χ4v) is 4.34. The monoisotopic (exact) mass is 390 g/mol. The molecule has 0 saturated carbocycles. The molecule has 144 valence electrons. The van der Waals surface area contributed by atoms with E-state index in [2.05, 4.69) is 51.3 Å². The van der Waals surface area contributed by atoms with Crippen LogP contribution in [0.4, 0.5) is 0 Å². The molecule has 0 atom stereocenters. The minimum atomic E-state index is -0.0116. The van der Waals surface area contributed by atoms with E-state index in [1.807, 2.05) is 24.3 Å². The van der Waals surface area contributed by atoms with Crippen molar-refractivity contribution in [3.05, 3.63) is 82.0 Å². The van der Waals surface area contributed by atoms with E-state index in [4.69, 9.17) is 0 Å². The van der Waals surface area contributed by atoms with E-state index in [9.17, 15) is 4.79 Å². The van der Waals surface area contributed by atoms with Gasteiger partial charge in [0.1, 0.15) is 0 Å². The first-order valence-corrected chi connectivity index (χ1v) is 10.9. The van der Waals surface area contributed by atoms with Crippen molar-refractivity contribution in [3.63, 3.8) is 0 Å². The molecule has 1 fully saturated rings. The van der Waals surface area contributed by atoms with Crippen LogP contribution in [0.5, 0.6) is 0 Å². The van der Waals surface area contributed by atoms with Crippen molar-refractivity contribution in [2.45, 2.75) is 25.8 Å². The lowest BCUT2D eigenvalue weighted by atomic mass is 10.1. The lowest BCUT2D eigenvalue weighted by molar-refractivity contribution is 0.0954. The number of nitrogens with one attached hydrogen (secondary N) is 1. The molecule has 0 aliphatic carbocycles. The van der Waals surface area contributed by atoms with Gasteiger partial charge in [-0.05, 0) is 83.6 Å². The van der Waals surface area contributed by atoms with E-state index in [1.54, 1.807) is 11.3 Å². The van der Waals surface area contributed by atoms with E-state index < -0.39 is 0 Å². The van der Waals surface area contributed by atoms with Crippen LogP contribution in [-0.4, -0.2) is 30.4 Å². The molecule has 28 heavy (non-hydrogen) atoms. The maximum Gasteiger partial charge on any atom is 0.251 e. The molecule has 1 amide bonds. The van der Waals surface area contributed by atoms with Gasteiger partial charge < -0.3 is 5.32 Å². The van der Waals surface area contributed by atoms with E-state index in [1.165, 1.54) is 42.6 Å². The zero-order chi connectivity index (χ0) is 19.2. The minimum Gasteiger partial charge on any atom is -0.352 e. The van der Waals surface area contributed by atoms with Gasteiger partial charge in [0, 0.05) is 18.7 Å². The SMILES string of the molecule is O=C(NCCc1ccc(CN2CCCC2)cc1)c1ccc(-c2ccsc2)cc1.